The Morgan fingerprint density at radius 1 is 1.12 bits per heavy atom. The van der Waals surface area contributed by atoms with Crippen molar-refractivity contribution in [3.63, 3.8) is 0 Å². The first-order chi connectivity index (χ1) is 12.0. The molecule has 0 aliphatic rings. The fraction of sp³-hybridized carbons (Fsp3) is 0.350. The van der Waals surface area contributed by atoms with Gasteiger partial charge in [0.2, 0.25) is 0 Å². The van der Waals surface area contributed by atoms with Gasteiger partial charge in [-0.1, -0.05) is 24.6 Å². The molecule has 0 fully saturated rings. The lowest BCUT2D eigenvalue weighted by Gasteiger charge is -2.15. The summed E-state index contributed by atoms with van der Waals surface area (Å²) >= 11 is 3.49. The van der Waals surface area contributed by atoms with Crippen LogP contribution in [0.5, 0.6) is 11.5 Å². The van der Waals surface area contributed by atoms with Gasteiger partial charge in [-0.3, -0.25) is 4.79 Å². The summed E-state index contributed by atoms with van der Waals surface area (Å²) in [6.07, 6.45) is 0.896. The van der Waals surface area contributed by atoms with Crippen LogP contribution in [0.25, 0.3) is 0 Å². The molecule has 0 unspecified atom stereocenters. The van der Waals surface area contributed by atoms with Gasteiger partial charge in [0.05, 0.1) is 17.7 Å². The zero-order valence-corrected chi connectivity index (χ0v) is 16.7. The van der Waals surface area contributed by atoms with Gasteiger partial charge in [-0.05, 0) is 66.9 Å². The Hall–Kier alpha value is -2.01. The molecule has 0 saturated heterocycles. The van der Waals surface area contributed by atoms with E-state index in [1.165, 1.54) is 0 Å². The van der Waals surface area contributed by atoms with Crippen molar-refractivity contribution in [2.75, 3.05) is 18.5 Å². The van der Waals surface area contributed by atoms with E-state index in [2.05, 4.69) is 21.2 Å². The molecule has 2 aromatic carbocycles. The lowest BCUT2D eigenvalue weighted by molar-refractivity contribution is 0.102. The number of carbonyl (C=O) groups excluding carboxylic acids is 1. The molecule has 1 amide bonds. The quantitative estimate of drug-likeness (QED) is 0.660. The van der Waals surface area contributed by atoms with E-state index in [-0.39, 0.29) is 5.91 Å². The van der Waals surface area contributed by atoms with Crippen LogP contribution in [0.1, 0.15) is 41.8 Å². The largest absolute Gasteiger partial charge is 0.490 e. The third kappa shape index (κ3) is 4.98. The molecular weight excluding hydrogens is 382 g/mol. The van der Waals surface area contributed by atoms with Crippen LogP contribution in [0.2, 0.25) is 0 Å². The van der Waals surface area contributed by atoms with E-state index >= 15 is 0 Å². The maximum absolute atomic E-state index is 12.7. The molecule has 0 heterocycles. The zero-order chi connectivity index (χ0) is 18.4. The van der Waals surface area contributed by atoms with Gasteiger partial charge in [-0.15, -0.1) is 0 Å². The summed E-state index contributed by atoms with van der Waals surface area (Å²) in [6.45, 7) is 9.04. The predicted molar refractivity (Wildman–Crippen MR) is 105 cm³/mol. The Bertz CT molecular complexity index is 759. The van der Waals surface area contributed by atoms with Crippen molar-refractivity contribution in [2.45, 2.75) is 34.1 Å². The minimum Gasteiger partial charge on any atom is -0.490 e. The average Bonchev–Trinajstić information content (AvgIpc) is 2.56. The molecule has 2 aromatic rings. The molecule has 1 N–H and O–H groups in total. The van der Waals surface area contributed by atoms with Gasteiger partial charge < -0.3 is 14.8 Å². The summed E-state index contributed by atoms with van der Waals surface area (Å²) in [6, 6.07) is 9.41. The molecule has 0 radical (unpaired) electrons. The second-order valence-electron chi connectivity index (χ2n) is 5.84. The molecule has 0 bridgehead atoms. The number of rotatable bonds is 7. The first-order valence-electron chi connectivity index (χ1n) is 8.44. The summed E-state index contributed by atoms with van der Waals surface area (Å²) in [5.41, 5.74) is 3.50. The van der Waals surface area contributed by atoms with Crippen LogP contribution in [0.4, 0.5) is 5.69 Å². The van der Waals surface area contributed by atoms with E-state index in [0.29, 0.717) is 34.7 Å². The molecule has 0 aliphatic carbocycles. The highest BCUT2D eigenvalue weighted by Gasteiger charge is 2.16. The lowest BCUT2D eigenvalue weighted by Crippen LogP contribution is -2.13. The van der Waals surface area contributed by atoms with Crippen LogP contribution in [-0.4, -0.2) is 19.1 Å². The van der Waals surface area contributed by atoms with Crippen molar-refractivity contribution in [1.82, 2.24) is 0 Å². The molecule has 134 valence electrons. The van der Waals surface area contributed by atoms with Crippen molar-refractivity contribution in [1.29, 1.82) is 0 Å². The number of amides is 1. The van der Waals surface area contributed by atoms with Gasteiger partial charge in [0, 0.05) is 11.3 Å². The number of hydrogen-bond acceptors (Lipinski definition) is 3. The smallest absolute Gasteiger partial charge is 0.255 e. The van der Waals surface area contributed by atoms with Gasteiger partial charge in [-0.2, -0.15) is 0 Å². The van der Waals surface area contributed by atoms with Gasteiger partial charge >= 0.3 is 0 Å². The van der Waals surface area contributed by atoms with Crippen molar-refractivity contribution >= 4 is 27.5 Å². The topological polar surface area (TPSA) is 47.6 Å². The molecule has 0 aromatic heterocycles. The van der Waals surface area contributed by atoms with Crippen molar-refractivity contribution in [2.24, 2.45) is 0 Å². The third-order valence-corrected chi connectivity index (χ3v) is 4.24. The maximum atomic E-state index is 12.7. The normalized spacial score (nSPS) is 10.4. The van der Waals surface area contributed by atoms with Crippen LogP contribution < -0.4 is 14.8 Å². The summed E-state index contributed by atoms with van der Waals surface area (Å²) < 4.78 is 12.1. The molecule has 4 nitrogen and oxygen atoms in total. The van der Waals surface area contributed by atoms with Crippen LogP contribution in [0, 0.1) is 13.8 Å². The number of nitrogens with one attached hydrogen (secondary N) is 1. The van der Waals surface area contributed by atoms with Crippen molar-refractivity contribution in [3.05, 3.63) is 51.5 Å². The molecule has 25 heavy (non-hydrogen) atoms. The highest BCUT2D eigenvalue weighted by atomic mass is 79.9. The monoisotopic (exact) mass is 405 g/mol. The number of benzene rings is 2. The Balaban J connectivity index is 2.29. The van der Waals surface area contributed by atoms with Gasteiger partial charge in [-0.25, -0.2) is 0 Å². The number of hydrogen-bond donors (Lipinski definition) is 1. The highest BCUT2D eigenvalue weighted by molar-refractivity contribution is 9.10. The SMILES string of the molecule is CCCOc1c(Br)cc(C(=O)Nc2ccc(C)cc2C)cc1OCC. The van der Waals surface area contributed by atoms with Crippen LogP contribution in [-0.2, 0) is 0 Å². The number of ether oxygens (including phenoxy) is 2. The maximum Gasteiger partial charge on any atom is 0.255 e. The Kier molecular flexibility index (Phi) is 6.88. The van der Waals surface area contributed by atoms with E-state index < -0.39 is 0 Å². The summed E-state index contributed by atoms with van der Waals surface area (Å²) in [4.78, 5) is 12.7. The van der Waals surface area contributed by atoms with Crippen LogP contribution in [0.3, 0.4) is 0 Å². The van der Waals surface area contributed by atoms with E-state index in [4.69, 9.17) is 9.47 Å². The number of aryl methyl sites for hydroxylation is 2. The van der Waals surface area contributed by atoms with Gasteiger partial charge in [0.15, 0.2) is 11.5 Å². The molecule has 0 aliphatic heterocycles. The van der Waals surface area contributed by atoms with Crippen molar-refractivity contribution in [3.8, 4) is 11.5 Å². The minimum absolute atomic E-state index is 0.185. The average molecular weight is 406 g/mol. The van der Waals surface area contributed by atoms with E-state index in [1.807, 2.05) is 45.9 Å². The Morgan fingerprint density at radius 2 is 1.88 bits per heavy atom. The number of halogens is 1. The van der Waals surface area contributed by atoms with E-state index in [1.54, 1.807) is 12.1 Å². The Morgan fingerprint density at radius 3 is 2.52 bits per heavy atom. The fourth-order valence-electron chi connectivity index (χ4n) is 2.45. The van der Waals surface area contributed by atoms with E-state index in [9.17, 15) is 4.79 Å². The molecule has 0 spiro atoms. The summed E-state index contributed by atoms with van der Waals surface area (Å²) in [7, 11) is 0. The first kappa shape index (κ1) is 19.3. The Labute approximate surface area is 157 Å². The van der Waals surface area contributed by atoms with E-state index in [0.717, 1.165) is 23.2 Å². The number of anilines is 1. The van der Waals surface area contributed by atoms with Crippen LogP contribution in [0.15, 0.2) is 34.8 Å². The second-order valence-corrected chi connectivity index (χ2v) is 6.69. The van der Waals surface area contributed by atoms with Gasteiger partial charge in [0.25, 0.3) is 5.91 Å². The molecule has 5 heteroatoms. The summed E-state index contributed by atoms with van der Waals surface area (Å²) in [5, 5.41) is 2.96. The fourth-order valence-corrected chi connectivity index (χ4v) is 3.01. The second kappa shape index (κ2) is 8.90. The zero-order valence-electron chi connectivity index (χ0n) is 15.1. The predicted octanol–water partition coefficient (Wildman–Crippen LogP) is 5.51. The highest BCUT2D eigenvalue weighted by Crippen LogP contribution is 2.37. The molecular formula is C20H24BrNO3. The van der Waals surface area contributed by atoms with Gasteiger partial charge in [0.1, 0.15) is 0 Å². The molecule has 0 atom stereocenters. The molecule has 0 saturated carbocycles. The standard InChI is InChI=1S/C20H24BrNO3/c1-5-9-25-19-16(21)11-15(12-18(19)24-6-2)20(23)22-17-8-7-13(3)10-14(17)4/h7-8,10-12H,5-6,9H2,1-4H3,(H,22,23). The van der Waals surface area contributed by atoms with Crippen molar-refractivity contribution < 1.29 is 14.3 Å². The number of carbonyl (C=O) groups is 1. The first-order valence-corrected chi connectivity index (χ1v) is 9.23. The summed E-state index contributed by atoms with van der Waals surface area (Å²) in [5.74, 6) is 1.01. The molecule has 2 rings (SSSR count). The van der Waals surface area contributed by atoms with Crippen LogP contribution >= 0.6 is 15.9 Å². The third-order valence-electron chi connectivity index (χ3n) is 3.65. The lowest BCUT2D eigenvalue weighted by atomic mass is 10.1. The minimum atomic E-state index is -0.185.